The quantitative estimate of drug-likeness (QED) is 0.789. The summed E-state index contributed by atoms with van der Waals surface area (Å²) in [6.07, 6.45) is 0. The summed E-state index contributed by atoms with van der Waals surface area (Å²) >= 11 is 6.23. The van der Waals surface area contributed by atoms with Gasteiger partial charge in [-0.05, 0) is 55.7 Å². The molecule has 144 valence electrons. The summed E-state index contributed by atoms with van der Waals surface area (Å²) < 4.78 is 5.66. The predicted molar refractivity (Wildman–Crippen MR) is 107 cm³/mol. The Balaban J connectivity index is 2.16. The van der Waals surface area contributed by atoms with Crippen molar-refractivity contribution in [2.24, 2.45) is 0 Å². The zero-order chi connectivity index (χ0) is 20.0. The maximum Gasteiger partial charge on any atom is 0.261 e. The van der Waals surface area contributed by atoms with Gasteiger partial charge < -0.3 is 15.0 Å². The third kappa shape index (κ3) is 5.47. The molecule has 5 nitrogen and oxygen atoms in total. The maximum atomic E-state index is 12.8. The van der Waals surface area contributed by atoms with E-state index in [1.54, 1.807) is 20.0 Å². The van der Waals surface area contributed by atoms with Crippen molar-refractivity contribution in [3.63, 3.8) is 0 Å². The number of hydrogen-bond acceptors (Lipinski definition) is 3. The number of halogens is 1. The maximum absolute atomic E-state index is 12.8. The molecule has 0 bridgehead atoms. The second-order valence-electron chi connectivity index (χ2n) is 6.44. The first kappa shape index (κ1) is 20.8. The molecule has 0 aliphatic heterocycles. The lowest BCUT2D eigenvalue weighted by Gasteiger charge is -2.28. The average molecular weight is 389 g/mol. The largest absolute Gasteiger partial charge is 0.484 e. The van der Waals surface area contributed by atoms with Crippen LogP contribution in [-0.2, 0) is 16.1 Å². The van der Waals surface area contributed by atoms with Crippen molar-refractivity contribution in [1.29, 1.82) is 0 Å². The van der Waals surface area contributed by atoms with Crippen LogP contribution < -0.4 is 10.1 Å². The predicted octanol–water partition coefficient (Wildman–Crippen LogP) is 3.50. The van der Waals surface area contributed by atoms with Gasteiger partial charge in [0.25, 0.3) is 5.91 Å². The standard InChI is InChI=1S/C21H25ClN2O3/c1-14-9-10-18(11-15(14)2)27-13-20(25)24(16(3)21(26)23-4)12-17-7-5-6-8-19(17)22/h5-11,16H,12-13H2,1-4H3,(H,23,26). The molecule has 0 radical (unpaired) electrons. The van der Waals surface area contributed by atoms with Crippen molar-refractivity contribution in [2.75, 3.05) is 13.7 Å². The second-order valence-corrected chi connectivity index (χ2v) is 6.85. The van der Waals surface area contributed by atoms with Crippen molar-refractivity contribution in [3.8, 4) is 5.75 Å². The summed E-state index contributed by atoms with van der Waals surface area (Å²) in [4.78, 5) is 26.4. The number of hydrogen-bond donors (Lipinski definition) is 1. The topological polar surface area (TPSA) is 58.6 Å². The Bertz CT molecular complexity index is 823. The van der Waals surface area contributed by atoms with E-state index in [1.807, 2.05) is 50.2 Å². The highest BCUT2D eigenvalue weighted by atomic mass is 35.5. The molecule has 1 atom stereocenters. The summed E-state index contributed by atoms with van der Waals surface area (Å²) in [6, 6.07) is 12.3. The molecule has 0 saturated carbocycles. The van der Waals surface area contributed by atoms with Gasteiger partial charge in [-0.3, -0.25) is 9.59 Å². The molecular weight excluding hydrogens is 364 g/mol. The summed E-state index contributed by atoms with van der Waals surface area (Å²) in [5.41, 5.74) is 3.02. The third-order valence-corrected chi connectivity index (χ3v) is 4.92. The molecule has 2 aromatic carbocycles. The smallest absolute Gasteiger partial charge is 0.261 e. The molecule has 0 saturated heterocycles. The SMILES string of the molecule is CNC(=O)C(C)N(Cc1ccccc1Cl)C(=O)COc1ccc(C)c(C)c1. The molecule has 0 aliphatic rings. The van der Waals surface area contributed by atoms with Crippen LogP contribution in [0.1, 0.15) is 23.6 Å². The molecule has 1 unspecified atom stereocenters. The summed E-state index contributed by atoms with van der Waals surface area (Å²) in [7, 11) is 1.54. The Hall–Kier alpha value is -2.53. The van der Waals surface area contributed by atoms with Gasteiger partial charge >= 0.3 is 0 Å². The van der Waals surface area contributed by atoms with Crippen LogP contribution in [0, 0.1) is 13.8 Å². The first-order valence-corrected chi connectivity index (χ1v) is 9.15. The van der Waals surface area contributed by atoms with Crippen LogP contribution in [0.15, 0.2) is 42.5 Å². The zero-order valence-corrected chi connectivity index (χ0v) is 16.8. The molecule has 2 rings (SSSR count). The average Bonchev–Trinajstić information content (AvgIpc) is 2.66. The van der Waals surface area contributed by atoms with Crippen LogP contribution in [0.2, 0.25) is 5.02 Å². The van der Waals surface area contributed by atoms with Crippen LogP contribution >= 0.6 is 11.6 Å². The molecule has 2 amide bonds. The fourth-order valence-electron chi connectivity index (χ4n) is 2.63. The highest BCUT2D eigenvalue weighted by molar-refractivity contribution is 6.31. The number of amides is 2. The van der Waals surface area contributed by atoms with E-state index in [2.05, 4.69) is 5.32 Å². The molecule has 1 N–H and O–H groups in total. The van der Waals surface area contributed by atoms with E-state index in [1.165, 1.54) is 4.90 Å². The second kappa shape index (κ2) is 9.42. The van der Waals surface area contributed by atoms with E-state index < -0.39 is 6.04 Å². The van der Waals surface area contributed by atoms with Gasteiger partial charge in [-0.15, -0.1) is 0 Å². The van der Waals surface area contributed by atoms with Crippen LogP contribution in [0.3, 0.4) is 0 Å². The van der Waals surface area contributed by atoms with Crippen LogP contribution in [-0.4, -0.2) is 36.4 Å². The monoisotopic (exact) mass is 388 g/mol. The molecule has 0 aromatic heterocycles. The van der Waals surface area contributed by atoms with E-state index in [0.29, 0.717) is 10.8 Å². The molecule has 0 aliphatic carbocycles. The van der Waals surface area contributed by atoms with E-state index in [9.17, 15) is 9.59 Å². The Morgan fingerprint density at radius 3 is 2.48 bits per heavy atom. The number of nitrogens with one attached hydrogen (secondary N) is 1. The molecule has 0 heterocycles. The highest BCUT2D eigenvalue weighted by Crippen LogP contribution is 2.20. The van der Waals surface area contributed by atoms with Crippen molar-refractivity contribution in [1.82, 2.24) is 10.2 Å². The Morgan fingerprint density at radius 1 is 1.15 bits per heavy atom. The van der Waals surface area contributed by atoms with Crippen molar-refractivity contribution in [3.05, 3.63) is 64.2 Å². The third-order valence-electron chi connectivity index (χ3n) is 4.55. The number of aryl methyl sites for hydroxylation is 2. The number of carbonyl (C=O) groups is 2. The lowest BCUT2D eigenvalue weighted by Crippen LogP contribution is -2.48. The molecule has 0 spiro atoms. The van der Waals surface area contributed by atoms with Gasteiger partial charge in [-0.1, -0.05) is 35.9 Å². The first-order valence-electron chi connectivity index (χ1n) is 8.78. The highest BCUT2D eigenvalue weighted by Gasteiger charge is 2.26. The lowest BCUT2D eigenvalue weighted by molar-refractivity contribution is -0.142. The number of carbonyl (C=O) groups excluding carboxylic acids is 2. The molecule has 27 heavy (non-hydrogen) atoms. The Morgan fingerprint density at radius 2 is 1.85 bits per heavy atom. The summed E-state index contributed by atoms with van der Waals surface area (Å²) in [5, 5.41) is 3.13. The van der Waals surface area contributed by atoms with Crippen molar-refractivity contribution in [2.45, 2.75) is 33.4 Å². The minimum Gasteiger partial charge on any atom is -0.484 e. The fraction of sp³-hybridized carbons (Fsp3) is 0.333. The molecular formula is C21H25ClN2O3. The number of nitrogens with zero attached hydrogens (tertiary/aromatic N) is 1. The zero-order valence-electron chi connectivity index (χ0n) is 16.1. The van der Waals surface area contributed by atoms with Gasteiger partial charge in [0.15, 0.2) is 6.61 Å². The Kier molecular flexibility index (Phi) is 7.25. The Labute approximate surface area is 165 Å². The van der Waals surface area contributed by atoms with Crippen LogP contribution in [0.4, 0.5) is 0 Å². The van der Waals surface area contributed by atoms with Gasteiger partial charge in [0.1, 0.15) is 11.8 Å². The van der Waals surface area contributed by atoms with E-state index >= 15 is 0 Å². The van der Waals surface area contributed by atoms with Gasteiger partial charge in [0.2, 0.25) is 5.91 Å². The molecule has 0 fully saturated rings. The van der Waals surface area contributed by atoms with Gasteiger partial charge in [0.05, 0.1) is 0 Å². The van der Waals surface area contributed by atoms with Gasteiger partial charge in [-0.25, -0.2) is 0 Å². The summed E-state index contributed by atoms with van der Waals surface area (Å²) in [5.74, 6) is 0.0857. The normalized spacial score (nSPS) is 11.6. The number of rotatable bonds is 7. The van der Waals surface area contributed by atoms with Gasteiger partial charge in [-0.2, -0.15) is 0 Å². The van der Waals surface area contributed by atoms with E-state index in [4.69, 9.17) is 16.3 Å². The number of benzene rings is 2. The van der Waals surface area contributed by atoms with E-state index in [0.717, 1.165) is 16.7 Å². The minimum atomic E-state index is -0.651. The number of likely N-dealkylation sites (N-methyl/N-ethyl adjacent to an activating group) is 1. The lowest BCUT2D eigenvalue weighted by atomic mass is 10.1. The summed E-state index contributed by atoms with van der Waals surface area (Å²) in [6.45, 7) is 5.75. The van der Waals surface area contributed by atoms with Crippen LogP contribution in [0.25, 0.3) is 0 Å². The number of ether oxygens (including phenoxy) is 1. The first-order chi connectivity index (χ1) is 12.8. The molecule has 6 heteroatoms. The van der Waals surface area contributed by atoms with Crippen molar-refractivity contribution >= 4 is 23.4 Å². The van der Waals surface area contributed by atoms with Crippen LogP contribution in [0.5, 0.6) is 5.75 Å². The van der Waals surface area contributed by atoms with E-state index in [-0.39, 0.29) is 25.0 Å². The van der Waals surface area contributed by atoms with Gasteiger partial charge in [0, 0.05) is 18.6 Å². The minimum absolute atomic E-state index is 0.158. The fourth-order valence-corrected chi connectivity index (χ4v) is 2.83. The molecule has 2 aromatic rings. The van der Waals surface area contributed by atoms with Crippen molar-refractivity contribution < 1.29 is 14.3 Å².